The first kappa shape index (κ1) is 64.5. The van der Waals surface area contributed by atoms with Crippen molar-refractivity contribution in [1.82, 2.24) is 29.9 Å². The van der Waals surface area contributed by atoms with Gasteiger partial charge in [-0.05, 0) is 138 Å². The van der Waals surface area contributed by atoms with E-state index in [1.165, 1.54) is 60.5 Å². The van der Waals surface area contributed by atoms with Crippen LogP contribution in [0.3, 0.4) is 0 Å². The Morgan fingerprint density at radius 3 is 1.32 bits per heavy atom. The van der Waals surface area contributed by atoms with Crippen molar-refractivity contribution in [3.05, 3.63) is 408 Å². The summed E-state index contributed by atoms with van der Waals surface area (Å²) in [5, 5.41) is 4.05. The van der Waals surface area contributed by atoms with Gasteiger partial charge in [-0.25, -0.2) is 29.9 Å². The van der Waals surface area contributed by atoms with E-state index in [1.54, 1.807) is 11.3 Å². The molecule has 0 saturated carbocycles. The number of para-hydroxylation sites is 1. The first-order valence-corrected chi connectivity index (χ1v) is 40.1. The van der Waals surface area contributed by atoms with Crippen LogP contribution in [0.2, 0.25) is 0 Å². The molecule has 20 aromatic rings. The summed E-state index contributed by atoms with van der Waals surface area (Å²) in [6.07, 6.45) is 0. The van der Waals surface area contributed by atoms with Crippen molar-refractivity contribution in [3.8, 4) is 135 Å². The summed E-state index contributed by atoms with van der Waals surface area (Å²) in [4.78, 5) is 35.0. The molecule has 4 aliphatic rings. The van der Waals surface area contributed by atoms with Crippen molar-refractivity contribution >= 4 is 65.2 Å². The third kappa shape index (κ3) is 9.47. The minimum absolute atomic E-state index is 0.560. The fourth-order valence-corrected chi connectivity index (χ4v) is 21.4. The van der Waals surface area contributed by atoms with Gasteiger partial charge in [0.25, 0.3) is 0 Å². The molecule has 4 aromatic heterocycles. The molecule has 0 N–H and O–H groups in total. The van der Waals surface area contributed by atoms with Crippen molar-refractivity contribution < 1.29 is 9.15 Å². The van der Waals surface area contributed by atoms with Gasteiger partial charge in [-0.2, -0.15) is 0 Å². The molecule has 0 fully saturated rings. The van der Waals surface area contributed by atoms with Crippen LogP contribution in [0.5, 0.6) is 11.5 Å². The van der Waals surface area contributed by atoms with Crippen LogP contribution in [0.15, 0.2) is 378 Å². The average Bonchev–Trinajstić information content (AvgIpc) is 1.50. The molecule has 2 aliphatic heterocycles. The standard InChI is InChI=1S/C104H60N6O2S2/c1-4-25-61(26-5-1)66-31-20-33-68(59-66)99-105-97(64-29-8-3-9-30-64)107-101(109-99)74-39-23-48-85-91(74)93-86(111-85)57-55-83-96(93)114-87-49-19-17-45-80(87)104(83)78-43-15-12-37-73(78)90-70(38-22-46-81(90)104)63-51-53-65(54-52-63)98-106-100(69-34-21-32-67(60-69)62-27-6-2-7-28-62)110-102(108-98)75-40-24-50-88-92(75)94-89(113-88)58-56-82-95(94)112-84-47-18-16-44-79(84)103(82)76-41-13-10-35-71(76)72-36-11-14-42-77(72)103/h1-60H. The molecular formula is C104H60N6O2S2. The summed E-state index contributed by atoms with van der Waals surface area (Å²) < 4.78 is 16.7. The third-order valence-electron chi connectivity index (χ3n) is 23.8. The maximum absolute atomic E-state index is 7.39. The van der Waals surface area contributed by atoms with E-state index in [0.717, 1.165) is 136 Å². The molecule has 114 heavy (non-hydrogen) atoms. The Balaban J connectivity index is 0.665. The van der Waals surface area contributed by atoms with E-state index in [9.17, 15) is 0 Å². The molecular weight excluding hydrogens is 1430 g/mol. The van der Waals surface area contributed by atoms with Crippen molar-refractivity contribution in [1.29, 1.82) is 0 Å². The van der Waals surface area contributed by atoms with Crippen LogP contribution in [-0.2, 0) is 10.8 Å². The van der Waals surface area contributed by atoms with Crippen LogP contribution in [0, 0.1) is 0 Å². The Hall–Kier alpha value is -14.3. The Bertz CT molecular complexity index is 7400. The molecule has 1 unspecified atom stereocenters. The Labute approximate surface area is 664 Å². The van der Waals surface area contributed by atoms with E-state index in [4.69, 9.17) is 39.1 Å². The number of benzene rings is 16. The highest BCUT2D eigenvalue weighted by Crippen LogP contribution is 2.67. The lowest BCUT2D eigenvalue weighted by Gasteiger charge is -2.40. The number of nitrogens with zero attached hydrogens (tertiary/aromatic N) is 6. The Morgan fingerprint density at radius 2 is 0.667 bits per heavy atom. The predicted octanol–water partition coefficient (Wildman–Crippen LogP) is 26.6. The van der Waals surface area contributed by atoms with Crippen LogP contribution in [0.4, 0.5) is 0 Å². The number of aromatic nitrogens is 6. The number of hydrogen-bond donors (Lipinski definition) is 0. The summed E-state index contributed by atoms with van der Waals surface area (Å²) in [5.41, 5.74) is 26.4. The van der Waals surface area contributed by atoms with Crippen LogP contribution < -0.4 is 4.74 Å². The molecule has 2 spiro atoms. The van der Waals surface area contributed by atoms with Crippen molar-refractivity contribution in [3.63, 3.8) is 0 Å². The molecule has 16 aromatic carbocycles. The molecule has 1 atom stereocenters. The summed E-state index contributed by atoms with van der Waals surface area (Å²) in [7, 11) is 0. The minimum Gasteiger partial charge on any atom is -0.456 e. The van der Waals surface area contributed by atoms with Crippen LogP contribution in [-0.4, -0.2) is 29.9 Å². The molecule has 530 valence electrons. The van der Waals surface area contributed by atoms with Crippen molar-refractivity contribution in [2.75, 3.05) is 0 Å². The van der Waals surface area contributed by atoms with Gasteiger partial charge in [0.15, 0.2) is 34.9 Å². The van der Waals surface area contributed by atoms with E-state index < -0.39 is 10.8 Å². The predicted molar refractivity (Wildman–Crippen MR) is 461 cm³/mol. The summed E-state index contributed by atoms with van der Waals surface area (Å²) >= 11 is 3.58. The van der Waals surface area contributed by atoms with Crippen molar-refractivity contribution in [2.45, 2.75) is 20.6 Å². The second kappa shape index (κ2) is 25.1. The van der Waals surface area contributed by atoms with E-state index in [0.29, 0.717) is 34.9 Å². The third-order valence-corrected chi connectivity index (χ3v) is 26.1. The van der Waals surface area contributed by atoms with Gasteiger partial charge >= 0.3 is 0 Å². The summed E-state index contributed by atoms with van der Waals surface area (Å²) in [6, 6.07) is 130. The number of fused-ring (bicyclic) bond motifs is 26. The molecule has 24 rings (SSSR count). The number of ether oxygens (including phenoxy) is 1. The summed E-state index contributed by atoms with van der Waals surface area (Å²) in [5.74, 6) is 5.12. The van der Waals surface area contributed by atoms with Gasteiger partial charge in [0.05, 0.1) is 10.8 Å². The van der Waals surface area contributed by atoms with Gasteiger partial charge in [-0.3, -0.25) is 0 Å². The molecule has 10 heteroatoms. The lowest BCUT2D eigenvalue weighted by Crippen LogP contribution is -2.32. The van der Waals surface area contributed by atoms with E-state index in [1.807, 2.05) is 36.0 Å². The highest BCUT2D eigenvalue weighted by Gasteiger charge is 2.53. The number of thiophene rings is 1. The molecule has 6 heterocycles. The quantitative estimate of drug-likeness (QED) is 0.140. The Kier molecular flexibility index (Phi) is 14.2. The first-order valence-electron chi connectivity index (χ1n) is 38.5. The summed E-state index contributed by atoms with van der Waals surface area (Å²) in [6.45, 7) is 0. The second-order valence-corrected chi connectivity index (χ2v) is 31.8. The van der Waals surface area contributed by atoms with Crippen molar-refractivity contribution in [2.24, 2.45) is 0 Å². The minimum atomic E-state index is -0.743. The second-order valence-electron chi connectivity index (χ2n) is 29.7. The number of furan rings is 1. The van der Waals surface area contributed by atoms with Crippen LogP contribution >= 0.6 is 23.1 Å². The maximum atomic E-state index is 7.39. The SMILES string of the molecule is c1ccc(-c2cccc(-c3nc(-c4ccccc4)nc(-c4cccc5oc6ccc7c(c6c45)Sc4ccccc4C74c5ccccc5-c5c(-c6ccc(-c7nc(-c8cccc(-c9ccccc9)c8)nc(-c8cccc9sc%10ccc%11c(c%10c89)Oc8ccccc8C%118c9ccccc9-c9ccccc98)n7)cc6)cccc54)n3)c2)cc1. The fourth-order valence-electron chi connectivity index (χ4n) is 19.0. The molecule has 0 radical (unpaired) electrons. The highest BCUT2D eigenvalue weighted by atomic mass is 32.2. The van der Waals surface area contributed by atoms with Gasteiger partial charge in [0.1, 0.15) is 22.7 Å². The van der Waals surface area contributed by atoms with Gasteiger partial charge in [-0.15, -0.1) is 11.3 Å². The van der Waals surface area contributed by atoms with E-state index in [-0.39, 0.29) is 0 Å². The maximum Gasteiger partial charge on any atom is 0.164 e. The molecule has 0 saturated heterocycles. The molecule has 8 nitrogen and oxygen atoms in total. The molecule has 0 bridgehead atoms. The molecule has 0 amide bonds. The van der Waals surface area contributed by atoms with Gasteiger partial charge in [-0.1, -0.05) is 327 Å². The van der Waals surface area contributed by atoms with E-state index in [2.05, 4.69) is 340 Å². The van der Waals surface area contributed by atoms with Crippen LogP contribution in [0.1, 0.15) is 44.5 Å². The lowest BCUT2D eigenvalue weighted by atomic mass is 9.66. The normalized spacial score (nSPS) is 14.3. The monoisotopic (exact) mass is 1490 g/mol. The first-order chi connectivity index (χ1) is 56.5. The topological polar surface area (TPSA) is 99.7 Å². The van der Waals surface area contributed by atoms with Gasteiger partial charge in [0, 0.05) is 85.2 Å². The zero-order valence-electron chi connectivity index (χ0n) is 61.0. The number of hydrogen-bond acceptors (Lipinski definition) is 10. The smallest absolute Gasteiger partial charge is 0.164 e. The van der Waals surface area contributed by atoms with Crippen LogP contribution in [0.25, 0.3) is 166 Å². The van der Waals surface area contributed by atoms with Gasteiger partial charge < -0.3 is 9.15 Å². The Morgan fingerprint density at radius 1 is 0.237 bits per heavy atom. The average molecular weight is 1490 g/mol. The zero-order valence-corrected chi connectivity index (χ0v) is 62.6. The lowest BCUT2D eigenvalue weighted by molar-refractivity contribution is 0.442. The number of rotatable bonds is 9. The highest BCUT2D eigenvalue weighted by molar-refractivity contribution is 7.99. The zero-order chi connectivity index (χ0) is 74.7. The van der Waals surface area contributed by atoms with Gasteiger partial charge in [0.2, 0.25) is 0 Å². The molecule has 2 aliphatic carbocycles. The fraction of sp³-hybridized carbons (Fsp3) is 0.0192. The van der Waals surface area contributed by atoms with E-state index >= 15 is 0 Å². The largest absolute Gasteiger partial charge is 0.456 e.